The molecule has 7 heteroatoms. The molecular weight excluding hydrogens is 366 g/mol. The summed E-state index contributed by atoms with van der Waals surface area (Å²) < 4.78 is 6.58. The molecule has 1 N–H and O–H groups in total. The van der Waals surface area contributed by atoms with E-state index in [1.54, 1.807) is 6.92 Å². The normalized spacial score (nSPS) is 12.2. The summed E-state index contributed by atoms with van der Waals surface area (Å²) in [5, 5.41) is 5.31. The van der Waals surface area contributed by atoms with Crippen LogP contribution in [-0.2, 0) is 11.3 Å². The smallest absolute Gasteiger partial charge is 0.266 e. The molecule has 1 amide bonds. The van der Waals surface area contributed by atoms with Gasteiger partial charge in [0.2, 0.25) is 0 Å². The number of hydrogen-bond donors (Lipinski definition) is 1. The van der Waals surface area contributed by atoms with E-state index in [1.165, 1.54) is 11.3 Å². The summed E-state index contributed by atoms with van der Waals surface area (Å²) in [7, 11) is 3.96. The Labute approximate surface area is 142 Å². The number of carbonyl (C=O) groups is 1. The van der Waals surface area contributed by atoms with Crippen molar-refractivity contribution in [2.45, 2.75) is 19.6 Å². The maximum Gasteiger partial charge on any atom is 0.266 e. The zero-order chi connectivity index (χ0) is 16.1. The number of halogens is 1. The molecule has 2 rings (SSSR count). The van der Waals surface area contributed by atoms with Gasteiger partial charge in [0, 0.05) is 16.4 Å². The standard InChI is InChI=1S/C15H18BrN3O2S/c1-10(21-13-6-4-11(16)5-7-13)14(20)18-15-17-12(9-22-15)8-19(2)3/h4-7,9-10H,8H2,1-3H3,(H,17,18,20). The highest BCUT2D eigenvalue weighted by Crippen LogP contribution is 2.19. The molecule has 0 fully saturated rings. The summed E-state index contributed by atoms with van der Waals surface area (Å²) in [6.45, 7) is 2.46. The first-order chi connectivity index (χ1) is 10.4. The van der Waals surface area contributed by atoms with Crippen LogP contribution in [0.1, 0.15) is 12.6 Å². The average molecular weight is 384 g/mol. The molecule has 118 valence electrons. The van der Waals surface area contributed by atoms with Crippen molar-refractivity contribution in [3.8, 4) is 5.75 Å². The van der Waals surface area contributed by atoms with Crippen molar-refractivity contribution in [2.75, 3.05) is 19.4 Å². The van der Waals surface area contributed by atoms with Crippen LogP contribution in [-0.4, -0.2) is 36.0 Å². The van der Waals surface area contributed by atoms with Crippen LogP contribution >= 0.6 is 27.3 Å². The molecule has 2 aromatic rings. The highest BCUT2D eigenvalue weighted by molar-refractivity contribution is 9.10. The minimum Gasteiger partial charge on any atom is -0.481 e. The number of carbonyl (C=O) groups excluding carboxylic acids is 1. The highest BCUT2D eigenvalue weighted by atomic mass is 79.9. The number of amides is 1. The molecule has 1 heterocycles. The van der Waals surface area contributed by atoms with Gasteiger partial charge in [-0.05, 0) is 45.3 Å². The van der Waals surface area contributed by atoms with Crippen LogP contribution < -0.4 is 10.1 Å². The van der Waals surface area contributed by atoms with Crippen molar-refractivity contribution in [1.82, 2.24) is 9.88 Å². The fourth-order valence-electron chi connectivity index (χ4n) is 1.74. The molecule has 0 aliphatic heterocycles. The number of nitrogens with one attached hydrogen (secondary N) is 1. The lowest BCUT2D eigenvalue weighted by Crippen LogP contribution is -2.30. The quantitative estimate of drug-likeness (QED) is 0.830. The Morgan fingerprint density at radius 1 is 1.41 bits per heavy atom. The lowest BCUT2D eigenvalue weighted by molar-refractivity contribution is -0.122. The number of hydrogen-bond acceptors (Lipinski definition) is 5. The molecule has 0 radical (unpaired) electrons. The molecule has 0 spiro atoms. The number of anilines is 1. The van der Waals surface area contributed by atoms with Gasteiger partial charge in [-0.1, -0.05) is 15.9 Å². The van der Waals surface area contributed by atoms with Crippen LogP contribution in [0.2, 0.25) is 0 Å². The SMILES string of the molecule is CC(Oc1ccc(Br)cc1)C(=O)Nc1nc(CN(C)C)cs1. The Balaban J connectivity index is 1.90. The predicted octanol–water partition coefficient (Wildman–Crippen LogP) is 3.37. The number of aromatic nitrogens is 1. The van der Waals surface area contributed by atoms with Gasteiger partial charge in [-0.15, -0.1) is 11.3 Å². The third-order valence-electron chi connectivity index (χ3n) is 2.76. The van der Waals surface area contributed by atoms with Gasteiger partial charge in [0.05, 0.1) is 5.69 Å². The third kappa shape index (κ3) is 5.08. The fraction of sp³-hybridized carbons (Fsp3) is 0.333. The first-order valence-corrected chi connectivity index (χ1v) is 8.43. The molecule has 5 nitrogen and oxygen atoms in total. The molecule has 1 atom stereocenters. The zero-order valence-corrected chi connectivity index (χ0v) is 15.1. The van der Waals surface area contributed by atoms with E-state index >= 15 is 0 Å². The maximum absolute atomic E-state index is 12.1. The Morgan fingerprint density at radius 3 is 2.73 bits per heavy atom. The summed E-state index contributed by atoms with van der Waals surface area (Å²) in [5.74, 6) is 0.437. The van der Waals surface area contributed by atoms with Gasteiger partial charge in [0.25, 0.3) is 5.91 Å². The van der Waals surface area contributed by atoms with Gasteiger partial charge >= 0.3 is 0 Å². The number of nitrogens with zero attached hydrogens (tertiary/aromatic N) is 2. The second kappa shape index (κ2) is 7.71. The van der Waals surface area contributed by atoms with Crippen LogP contribution in [0.15, 0.2) is 34.1 Å². The molecule has 0 bridgehead atoms. The van der Waals surface area contributed by atoms with Crippen LogP contribution in [0.3, 0.4) is 0 Å². The zero-order valence-electron chi connectivity index (χ0n) is 12.7. The first-order valence-electron chi connectivity index (χ1n) is 6.76. The molecule has 22 heavy (non-hydrogen) atoms. The number of benzene rings is 1. The summed E-state index contributed by atoms with van der Waals surface area (Å²) in [4.78, 5) is 18.5. The van der Waals surface area contributed by atoms with Crippen LogP contribution in [0.4, 0.5) is 5.13 Å². The van der Waals surface area contributed by atoms with Gasteiger partial charge in [0.1, 0.15) is 5.75 Å². The molecule has 1 aromatic carbocycles. The summed E-state index contributed by atoms with van der Waals surface area (Å²) in [6, 6.07) is 7.36. The van der Waals surface area contributed by atoms with E-state index in [1.807, 2.05) is 48.6 Å². The largest absolute Gasteiger partial charge is 0.481 e. The van der Waals surface area contributed by atoms with E-state index < -0.39 is 6.10 Å². The van der Waals surface area contributed by atoms with Gasteiger partial charge in [0.15, 0.2) is 11.2 Å². The van der Waals surface area contributed by atoms with E-state index in [0.29, 0.717) is 10.9 Å². The lowest BCUT2D eigenvalue weighted by atomic mass is 10.3. The number of thiazole rings is 1. The fourth-order valence-corrected chi connectivity index (χ4v) is 2.71. The van der Waals surface area contributed by atoms with Crippen molar-refractivity contribution in [1.29, 1.82) is 0 Å². The van der Waals surface area contributed by atoms with Crippen LogP contribution in [0, 0.1) is 0 Å². The molecule has 0 aliphatic carbocycles. The third-order valence-corrected chi connectivity index (χ3v) is 4.09. The Morgan fingerprint density at radius 2 is 2.09 bits per heavy atom. The predicted molar refractivity (Wildman–Crippen MR) is 92.4 cm³/mol. The lowest BCUT2D eigenvalue weighted by Gasteiger charge is -2.13. The van der Waals surface area contributed by atoms with E-state index in [4.69, 9.17) is 4.74 Å². The Kier molecular flexibility index (Phi) is 5.93. The summed E-state index contributed by atoms with van der Waals surface area (Å²) >= 11 is 4.77. The van der Waals surface area contributed by atoms with E-state index in [0.717, 1.165) is 16.7 Å². The molecule has 0 saturated carbocycles. The molecule has 0 aliphatic rings. The monoisotopic (exact) mass is 383 g/mol. The average Bonchev–Trinajstić information content (AvgIpc) is 2.87. The summed E-state index contributed by atoms with van der Waals surface area (Å²) in [5.41, 5.74) is 0.937. The van der Waals surface area contributed by atoms with Crippen molar-refractivity contribution < 1.29 is 9.53 Å². The molecule has 0 saturated heterocycles. The van der Waals surface area contributed by atoms with Crippen molar-refractivity contribution >= 4 is 38.3 Å². The van der Waals surface area contributed by atoms with Crippen LogP contribution in [0.5, 0.6) is 5.75 Å². The van der Waals surface area contributed by atoms with E-state index in [-0.39, 0.29) is 5.91 Å². The minimum atomic E-state index is -0.595. The molecular formula is C15H18BrN3O2S. The van der Waals surface area contributed by atoms with Gasteiger partial charge in [-0.3, -0.25) is 10.1 Å². The van der Waals surface area contributed by atoms with Crippen molar-refractivity contribution in [3.63, 3.8) is 0 Å². The van der Waals surface area contributed by atoms with E-state index in [9.17, 15) is 4.79 Å². The maximum atomic E-state index is 12.1. The topological polar surface area (TPSA) is 54.5 Å². The van der Waals surface area contributed by atoms with Crippen molar-refractivity contribution in [2.24, 2.45) is 0 Å². The van der Waals surface area contributed by atoms with Crippen molar-refractivity contribution in [3.05, 3.63) is 39.8 Å². The Hall–Kier alpha value is -1.44. The van der Waals surface area contributed by atoms with Gasteiger partial charge in [-0.25, -0.2) is 4.98 Å². The van der Waals surface area contributed by atoms with Crippen LogP contribution in [0.25, 0.3) is 0 Å². The number of ether oxygens (including phenoxy) is 1. The second-order valence-corrected chi connectivity index (χ2v) is 6.86. The summed E-state index contributed by atoms with van der Waals surface area (Å²) in [6.07, 6.45) is -0.595. The van der Waals surface area contributed by atoms with E-state index in [2.05, 4.69) is 26.2 Å². The minimum absolute atomic E-state index is 0.214. The van der Waals surface area contributed by atoms with Gasteiger partial charge < -0.3 is 9.64 Å². The van der Waals surface area contributed by atoms with Gasteiger partial charge in [-0.2, -0.15) is 0 Å². The first kappa shape index (κ1) is 16.9. The Bertz CT molecular complexity index is 628. The molecule has 1 unspecified atom stereocenters. The second-order valence-electron chi connectivity index (χ2n) is 5.09. The molecule has 1 aromatic heterocycles. The number of rotatable bonds is 6. The highest BCUT2D eigenvalue weighted by Gasteiger charge is 2.16.